The number of nitrogens with zero attached hydrogens (tertiary/aromatic N) is 1. The van der Waals surface area contributed by atoms with Crippen LogP contribution in [0.2, 0.25) is 0 Å². The molecule has 2 N–H and O–H groups in total. The van der Waals surface area contributed by atoms with Crippen molar-refractivity contribution in [2.75, 3.05) is 6.61 Å². The molecule has 0 bridgehead atoms. The van der Waals surface area contributed by atoms with Gasteiger partial charge in [0.25, 0.3) is 5.91 Å². The Hall–Kier alpha value is -2.62. The van der Waals surface area contributed by atoms with Gasteiger partial charge in [-0.05, 0) is 25.8 Å². The fourth-order valence-corrected chi connectivity index (χ4v) is 2.65. The Kier molecular flexibility index (Phi) is 5.16. The second-order valence-electron chi connectivity index (χ2n) is 5.74. The van der Waals surface area contributed by atoms with Crippen LogP contribution in [-0.4, -0.2) is 34.8 Å². The van der Waals surface area contributed by atoms with Gasteiger partial charge in [0.2, 0.25) is 0 Å². The van der Waals surface area contributed by atoms with Crippen LogP contribution in [0.5, 0.6) is 0 Å². The predicted molar refractivity (Wildman–Crippen MR) is 80.7 cm³/mol. The summed E-state index contributed by atoms with van der Waals surface area (Å²) in [6.07, 6.45) is 5.47. The van der Waals surface area contributed by atoms with E-state index >= 15 is 0 Å². The topological polar surface area (TPSA) is 112 Å². The van der Waals surface area contributed by atoms with Gasteiger partial charge in [-0.1, -0.05) is 19.3 Å². The molecule has 1 heterocycles. The molecule has 1 aliphatic carbocycles. The third-order valence-electron chi connectivity index (χ3n) is 3.94. The van der Waals surface area contributed by atoms with Crippen LogP contribution in [0.1, 0.15) is 59.9 Å². The van der Waals surface area contributed by atoms with Crippen molar-refractivity contribution in [3.63, 3.8) is 0 Å². The van der Waals surface area contributed by atoms with Crippen LogP contribution in [0.25, 0.3) is 0 Å². The molecular formula is C16H19N3O4. The smallest absolute Gasteiger partial charge is 0.355 e. The fourth-order valence-electron chi connectivity index (χ4n) is 2.65. The van der Waals surface area contributed by atoms with E-state index in [9.17, 15) is 19.6 Å². The number of esters is 1. The number of carbonyl (C=O) groups excluding carboxylic acids is 3. The molecule has 1 saturated carbocycles. The van der Waals surface area contributed by atoms with Gasteiger partial charge in [-0.25, -0.2) is 4.79 Å². The first-order valence-electron chi connectivity index (χ1n) is 7.54. The normalized spacial score (nSPS) is 16.2. The maximum atomic E-state index is 11.9. The molecule has 1 aromatic heterocycles. The van der Waals surface area contributed by atoms with Crippen LogP contribution in [0, 0.1) is 11.3 Å². The number of aromatic nitrogens is 1. The minimum absolute atomic E-state index is 0.107. The highest BCUT2D eigenvalue weighted by atomic mass is 16.5. The number of nitriles is 1. The number of nitrogens with one attached hydrogen (secondary N) is 2. The lowest BCUT2D eigenvalue weighted by molar-refractivity contribution is -0.125. The number of aromatic amines is 1. The summed E-state index contributed by atoms with van der Waals surface area (Å²) >= 11 is 0. The number of H-pyrrole nitrogens is 1. The van der Waals surface area contributed by atoms with Gasteiger partial charge in [0.1, 0.15) is 11.2 Å². The van der Waals surface area contributed by atoms with Crippen molar-refractivity contribution in [2.45, 2.75) is 44.6 Å². The Balaban J connectivity index is 1.87. The minimum Gasteiger partial charge on any atom is -0.451 e. The van der Waals surface area contributed by atoms with Crippen LogP contribution >= 0.6 is 0 Å². The van der Waals surface area contributed by atoms with Gasteiger partial charge in [0, 0.05) is 11.8 Å². The quantitative estimate of drug-likeness (QED) is 0.634. The van der Waals surface area contributed by atoms with E-state index in [1.807, 2.05) is 0 Å². The zero-order chi connectivity index (χ0) is 16.9. The molecule has 1 fully saturated rings. The lowest BCUT2D eigenvalue weighted by Gasteiger charge is -2.31. The van der Waals surface area contributed by atoms with Gasteiger partial charge in [-0.3, -0.25) is 9.59 Å². The summed E-state index contributed by atoms with van der Waals surface area (Å²) in [5.74, 6) is -1.39. The van der Waals surface area contributed by atoms with Crippen molar-refractivity contribution in [1.29, 1.82) is 5.26 Å². The van der Waals surface area contributed by atoms with Crippen molar-refractivity contribution in [3.05, 3.63) is 23.5 Å². The zero-order valence-electron chi connectivity index (χ0n) is 13.0. The molecule has 1 aliphatic rings. The number of carbonyl (C=O) groups is 3. The number of ketones is 1. The molecule has 1 amide bonds. The number of hydrogen-bond donors (Lipinski definition) is 2. The third-order valence-corrected chi connectivity index (χ3v) is 3.94. The Bertz CT molecular complexity index is 651. The lowest BCUT2D eigenvalue weighted by atomic mass is 9.83. The van der Waals surface area contributed by atoms with E-state index in [1.165, 1.54) is 19.2 Å². The molecule has 23 heavy (non-hydrogen) atoms. The molecule has 7 nitrogen and oxygen atoms in total. The molecule has 0 atom stereocenters. The molecule has 0 saturated heterocycles. The van der Waals surface area contributed by atoms with Crippen molar-refractivity contribution in [1.82, 2.24) is 10.3 Å². The summed E-state index contributed by atoms with van der Waals surface area (Å²) in [6.45, 7) is 0.925. The number of rotatable bonds is 5. The average molecular weight is 317 g/mol. The van der Waals surface area contributed by atoms with Gasteiger partial charge < -0.3 is 15.0 Å². The van der Waals surface area contributed by atoms with Crippen molar-refractivity contribution in [3.8, 4) is 6.07 Å². The Labute approximate surface area is 134 Å². The zero-order valence-corrected chi connectivity index (χ0v) is 13.0. The average Bonchev–Trinajstić information content (AvgIpc) is 3.04. The van der Waals surface area contributed by atoms with E-state index in [2.05, 4.69) is 16.4 Å². The highest BCUT2D eigenvalue weighted by Crippen LogP contribution is 2.27. The van der Waals surface area contributed by atoms with Crippen molar-refractivity contribution in [2.24, 2.45) is 0 Å². The molecule has 0 aliphatic heterocycles. The van der Waals surface area contributed by atoms with Gasteiger partial charge in [-0.15, -0.1) is 0 Å². The second-order valence-corrected chi connectivity index (χ2v) is 5.74. The van der Waals surface area contributed by atoms with E-state index in [0.717, 1.165) is 19.3 Å². The van der Waals surface area contributed by atoms with Gasteiger partial charge >= 0.3 is 5.97 Å². The highest BCUT2D eigenvalue weighted by Gasteiger charge is 2.33. The third kappa shape index (κ3) is 4.19. The Morgan fingerprint density at radius 3 is 2.61 bits per heavy atom. The van der Waals surface area contributed by atoms with Crippen LogP contribution in [0.15, 0.2) is 12.3 Å². The summed E-state index contributed by atoms with van der Waals surface area (Å²) in [7, 11) is 0. The van der Waals surface area contributed by atoms with E-state index in [0.29, 0.717) is 18.4 Å². The maximum absolute atomic E-state index is 11.9. The molecular weight excluding hydrogens is 298 g/mol. The van der Waals surface area contributed by atoms with Crippen LogP contribution < -0.4 is 5.32 Å². The monoisotopic (exact) mass is 317 g/mol. The number of amides is 1. The van der Waals surface area contributed by atoms with E-state index < -0.39 is 24.0 Å². The largest absolute Gasteiger partial charge is 0.451 e. The van der Waals surface area contributed by atoms with Crippen molar-refractivity contribution >= 4 is 17.7 Å². The van der Waals surface area contributed by atoms with E-state index in [4.69, 9.17) is 4.74 Å². The maximum Gasteiger partial charge on any atom is 0.355 e. The molecule has 0 unspecified atom stereocenters. The number of ether oxygens (including phenoxy) is 1. The van der Waals surface area contributed by atoms with Gasteiger partial charge in [0.05, 0.1) is 6.07 Å². The molecule has 2 rings (SSSR count). The molecule has 1 aromatic rings. The molecule has 0 aromatic carbocycles. The summed E-state index contributed by atoms with van der Waals surface area (Å²) in [6, 6.07) is 3.54. The summed E-state index contributed by atoms with van der Waals surface area (Å²) in [5, 5.41) is 12.0. The Morgan fingerprint density at radius 1 is 1.35 bits per heavy atom. The molecule has 122 valence electrons. The summed E-state index contributed by atoms with van der Waals surface area (Å²) in [4.78, 5) is 37.5. The predicted octanol–water partition coefficient (Wildman–Crippen LogP) is 1.72. The van der Waals surface area contributed by atoms with Gasteiger partial charge in [0.15, 0.2) is 12.4 Å². The standard InChI is InChI=1S/C16H19N3O4/c1-11(20)12-7-13(18-8-12)15(22)23-9-14(21)19-16(10-17)5-3-2-4-6-16/h7-8,18H,2-6,9H2,1H3,(H,19,21). The van der Waals surface area contributed by atoms with Crippen LogP contribution in [-0.2, 0) is 9.53 Å². The number of hydrogen-bond acceptors (Lipinski definition) is 5. The van der Waals surface area contributed by atoms with Gasteiger partial charge in [-0.2, -0.15) is 5.26 Å². The second kappa shape index (κ2) is 7.09. The molecule has 0 radical (unpaired) electrons. The van der Waals surface area contributed by atoms with E-state index in [-0.39, 0.29) is 11.5 Å². The molecule has 7 heteroatoms. The van der Waals surface area contributed by atoms with Crippen LogP contribution in [0.4, 0.5) is 0 Å². The first-order chi connectivity index (χ1) is 11.0. The Morgan fingerprint density at radius 2 is 2.04 bits per heavy atom. The van der Waals surface area contributed by atoms with Crippen molar-refractivity contribution < 1.29 is 19.1 Å². The van der Waals surface area contributed by atoms with Crippen LogP contribution in [0.3, 0.4) is 0 Å². The SMILES string of the molecule is CC(=O)c1c[nH]c(C(=O)OCC(=O)NC2(C#N)CCCCC2)c1. The summed E-state index contributed by atoms with van der Waals surface area (Å²) < 4.78 is 4.91. The number of Topliss-reactive ketones (excluding diaryl/α,β-unsaturated/α-hetero) is 1. The summed E-state index contributed by atoms with van der Waals surface area (Å²) in [5.41, 5.74) is -0.376. The first kappa shape index (κ1) is 16.7. The van der Waals surface area contributed by atoms with E-state index in [1.54, 1.807) is 0 Å². The molecule has 0 spiro atoms. The first-order valence-corrected chi connectivity index (χ1v) is 7.54. The minimum atomic E-state index is -0.851. The fraction of sp³-hybridized carbons (Fsp3) is 0.500. The lowest BCUT2D eigenvalue weighted by Crippen LogP contribution is -2.50. The highest BCUT2D eigenvalue weighted by molar-refractivity contribution is 5.97.